The zero-order valence-electron chi connectivity index (χ0n) is 57.9. The van der Waals surface area contributed by atoms with E-state index in [2.05, 4.69) is 91.0 Å². The summed E-state index contributed by atoms with van der Waals surface area (Å²) in [4.78, 5) is 0. The largest absolute Gasteiger partial charge is 0.347 e. The Balaban J connectivity index is 0.0000000912. The van der Waals surface area contributed by atoms with Crippen LogP contribution < -0.4 is 0 Å². The summed E-state index contributed by atoms with van der Waals surface area (Å²) in [7, 11) is 0. The van der Waals surface area contributed by atoms with Gasteiger partial charge in [0.25, 0.3) is 0 Å². The zero-order valence-corrected chi connectivity index (χ0v) is 57.9. The lowest BCUT2D eigenvalue weighted by Gasteiger charge is -2.61. The van der Waals surface area contributed by atoms with Crippen LogP contribution in [0.2, 0.25) is 0 Å². The Morgan fingerprint density at radius 2 is 0.977 bits per heavy atom. The molecule has 0 aromatic heterocycles. The van der Waals surface area contributed by atoms with Gasteiger partial charge in [0.2, 0.25) is 0 Å². The summed E-state index contributed by atoms with van der Waals surface area (Å²) in [6.07, 6.45) is 71.7. The lowest BCUT2D eigenvalue weighted by molar-refractivity contribution is -0.234. The van der Waals surface area contributed by atoms with Crippen molar-refractivity contribution in [3.63, 3.8) is 0 Å². The highest BCUT2D eigenvalue weighted by atomic mass is 16.7. The molecule has 88 heavy (non-hydrogen) atoms. The lowest BCUT2D eigenvalue weighted by atomic mass is 9.44. The molecular weight excluding hydrogens is 1060 g/mol. The van der Waals surface area contributed by atoms with E-state index in [1.165, 1.54) is 167 Å². The van der Waals surface area contributed by atoms with Gasteiger partial charge in [-0.05, 0) is 379 Å². The summed E-state index contributed by atoms with van der Waals surface area (Å²) in [5.74, 6) is 17.1. The molecule has 1 aliphatic heterocycles. The predicted molar refractivity (Wildman–Crippen MR) is 364 cm³/mol. The number of hydrogen-bond donors (Lipinski definition) is 0. The molecule has 0 bridgehead atoms. The fourth-order valence-corrected chi connectivity index (χ4v) is 31.3. The first-order valence-corrected chi connectivity index (χ1v) is 40.3. The van der Waals surface area contributed by atoms with Crippen LogP contribution in [0, 0.1) is 138 Å². The Labute approximate surface area is 539 Å². The molecule has 2 nitrogen and oxygen atoms in total. The Hall–Kier alpha value is -1.38. The second kappa shape index (κ2) is 22.1. The third-order valence-electron chi connectivity index (χ3n) is 36.2. The summed E-state index contributed by atoms with van der Waals surface area (Å²) >= 11 is 0. The maximum Gasteiger partial charge on any atom is 0.169 e. The number of aryl methyl sites for hydroxylation is 1. The van der Waals surface area contributed by atoms with E-state index in [0.717, 1.165) is 130 Å². The molecule has 0 amide bonds. The van der Waals surface area contributed by atoms with Crippen molar-refractivity contribution in [2.75, 3.05) is 6.61 Å². The first-order valence-electron chi connectivity index (χ1n) is 40.3. The van der Waals surface area contributed by atoms with Crippen molar-refractivity contribution in [2.45, 2.75) is 330 Å². The van der Waals surface area contributed by atoms with Gasteiger partial charge in [0, 0.05) is 12.8 Å². The molecule has 3 spiro atoms. The molecule has 16 fully saturated rings. The average Bonchev–Trinajstić information content (AvgIpc) is 1.52. The molecule has 0 N–H and O–H groups in total. The molecule has 1 heterocycles. The molecule has 12 unspecified atom stereocenters. The number of hydrogen-bond acceptors (Lipinski definition) is 2. The Morgan fingerprint density at radius 1 is 0.409 bits per heavy atom. The molecule has 486 valence electrons. The van der Waals surface area contributed by atoms with Crippen LogP contribution in [0.25, 0.3) is 0 Å². The minimum Gasteiger partial charge on any atom is -0.347 e. The van der Waals surface area contributed by atoms with Crippen LogP contribution in [0.1, 0.15) is 321 Å². The van der Waals surface area contributed by atoms with Crippen LogP contribution >= 0.6 is 0 Å². The first kappa shape index (κ1) is 60.3. The highest BCUT2D eigenvalue weighted by molar-refractivity contribution is 5.45. The molecule has 1 aromatic rings. The van der Waals surface area contributed by atoms with Crippen LogP contribution in [-0.2, 0) is 22.3 Å². The third-order valence-corrected chi connectivity index (χ3v) is 36.2. The smallest absolute Gasteiger partial charge is 0.169 e. The second-order valence-corrected chi connectivity index (χ2v) is 39.2. The normalized spacial score (nSPS) is 54.5. The topological polar surface area (TPSA) is 18.5 Å². The molecule has 20 rings (SSSR count). The van der Waals surface area contributed by atoms with Gasteiger partial charge in [-0.25, -0.2) is 0 Å². The van der Waals surface area contributed by atoms with Crippen LogP contribution in [0.3, 0.4) is 0 Å². The summed E-state index contributed by atoms with van der Waals surface area (Å²) in [5.41, 5.74) is 10.8. The van der Waals surface area contributed by atoms with Gasteiger partial charge in [-0.1, -0.05) is 123 Å². The highest BCUT2D eigenvalue weighted by Crippen LogP contribution is 2.73. The van der Waals surface area contributed by atoms with Crippen molar-refractivity contribution >= 4 is 0 Å². The average molecular weight is 1200 g/mol. The van der Waals surface area contributed by atoms with Gasteiger partial charge < -0.3 is 9.47 Å². The fourth-order valence-electron chi connectivity index (χ4n) is 31.3. The van der Waals surface area contributed by atoms with Crippen molar-refractivity contribution in [3.05, 3.63) is 59.2 Å². The minimum atomic E-state index is -0.215. The molecule has 0 radical (unpaired) electrons. The van der Waals surface area contributed by atoms with Gasteiger partial charge in [-0.3, -0.25) is 0 Å². The molecule has 19 aliphatic rings. The zero-order chi connectivity index (χ0) is 59.7. The molecule has 18 aliphatic carbocycles. The van der Waals surface area contributed by atoms with Gasteiger partial charge in [-0.2, -0.15) is 0 Å². The van der Waals surface area contributed by atoms with Gasteiger partial charge in [0.05, 0.1) is 12.7 Å². The van der Waals surface area contributed by atoms with Gasteiger partial charge in [0.15, 0.2) is 5.79 Å². The van der Waals surface area contributed by atoms with Crippen molar-refractivity contribution in [2.24, 2.45) is 138 Å². The van der Waals surface area contributed by atoms with E-state index < -0.39 is 0 Å². The first-order chi connectivity index (χ1) is 42.5. The number of ether oxygens (including phenoxy) is 2. The van der Waals surface area contributed by atoms with Gasteiger partial charge in [0.1, 0.15) is 0 Å². The summed E-state index contributed by atoms with van der Waals surface area (Å²) in [6, 6.07) is 7.21. The molecule has 2 heteroatoms. The number of benzene rings is 1. The van der Waals surface area contributed by atoms with Crippen molar-refractivity contribution in [1.29, 1.82) is 0 Å². The molecule has 26 atom stereocenters. The number of rotatable bonds is 0. The van der Waals surface area contributed by atoms with Crippen LogP contribution in [0.4, 0.5) is 0 Å². The van der Waals surface area contributed by atoms with Crippen molar-refractivity contribution in [1.82, 2.24) is 0 Å². The quantitative estimate of drug-likeness (QED) is 0.258. The molecule has 1 saturated heterocycles. The number of fused-ring (bicyclic) bond motifs is 18. The Kier molecular flexibility index (Phi) is 15.1. The highest BCUT2D eigenvalue weighted by Gasteiger charge is 2.65. The fraction of sp³-hybridized carbons (Fsp3) is 0.884. The van der Waals surface area contributed by atoms with E-state index in [4.69, 9.17) is 9.47 Å². The van der Waals surface area contributed by atoms with E-state index in [-0.39, 0.29) is 5.79 Å². The second-order valence-electron chi connectivity index (χ2n) is 39.2. The summed E-state index contributed by atoms with van der Waals surface area (Å²) < 4.78 is 12.5. The van der Waals surface area contributed by atoms with E-state index in [0.29, 0.717) is 33.2 Å². The minimum absolute atomic E-state index is 0.215. The van der Waals surface area contributed by atoms with Crippen molar-refractivity contribution < 1.29 is 9.47 Å². The Morgan fingerprint density at radius 3 is 1.62 bits per heavy atom. The van der Waals surface area contributed by atoms with Crippen molar-refractivity contribution in [3.8, 4) is 0 Å². The predicted octanol–water partition coefficient (Wildman–Crippen LogP) is 23.4. The van der Waals surface area contributed by atoms with E-state index in [1.54, 1.807) is 101 Å². The van der Waals surface area contributed by atoms with E-state index in [9.17, 15) is 0 Å². The van der Waals surface area contributed by atoms with E-state index in [1.807, 2.05) is 5.56 Å². The summed E-state index contributed by atoms with van der Waals surface area (Å²) in [6.45, 7) is 19.0. The molecule has 1 aromatic carbocycles. The SMILES string of the molecule is C[C@@H]1CO[C@@]2(CC[C@]3(C)C4CC[C@]5(C)CCCC5C4CC[C@H]3C2)O1.C[C@@]12CCCC1C1CC[C@H]3CC4(CC4)CC[C@]3(C)C1CC2.C[C@]12CCCC[C@@H]1CCC1C3CC[C@@H]4C=CC=C[C@]34CCC12.C[C@]12CCCC[C@@H]1CCC1C3CCc4cccc(c43)CC12. The lowest BCUT2D eigenvalue weighted by Crippen LogP contribution is -2.55. The summed E-state index contributed by atoms with van der Waals surface area (Å²) in [5, 5.41) is 0. The van der Waals surface area contributed by atoms with E-state index >= 15 is 0 Å². The van der Waals surface area contributed by atoms with Gasteiger partial charge >= 0.3 is 0 Å². The Bertz CT molecular complexity index is 2800. The van der Waals surface area contributed by atoms with Crippen LogP contribution in [0.15, 0.2) is 42.5 Å². The standard InChI is InChI=1S/C22H36O2.C22H32.C21H34.C21H28/c1-15-14-23-22(24-15)12-11-21(3)16(13-22)6-7-17-18-5-4-9-20(18,2)10-8-19(17)21;1-21-13-4-2-6-16(21)8-10-18-19(21)12-15-22-14-5-3-7-17(22)9-11-20(18)22;1-19-8-3-4-17(19)16-6-5-15-14-21(12-13-21)11-10-20(15,2)18(16)7-9-19;1-21-12-3-2-7-16(21)9-11-17-18-10-8-14-5-4-6-15(20(14)18)13-19(17)21/h15-19H,4-14H2,1-3H3;3,5,7,14,16-20H,2,4,6,8-13,15H2,1H3;15-18H,3-14H2,1-2H3;4-6,16-19H,2-3,7-13H2,1H3/t15-,16+,17?,18?,19?,20+,21+,22+;16-,17+,18?,19?,20?,21+,22-;15-,16?,17?,18?,19-,20-;16-,17?,18?,19?,21+/m1101/s1. The van der Waals surface area contributed by atoms with Crippen LogP contribution in [-0.4, -0.2) is 18.5 Å². The molecular formula is C86H130O2. The van der Waals surface area contributed by atoms with Crippen LogP contribution in [0.5, 0.6) is 0 Å². The molecule has 15 saturated carbocycles. The number of allylic oxidation sites excluding steroid dienone is 4. The third kappa shape index (κ3) is 9.42. The maximum atomic E-state index is 6.28. The maximum absolute atomic E-state index is 6.28. The van der Waals surface area contributed by atoms with Gasteiger partial charge in [-0.15, -0.1) is 0 Å². The monoisotopic (exact) mass is 1200 g/mol.